The molecule has 2 saturated heterocycles. The third kappa shape index (κ3) is 3.83. The fourth-order valence-electron chi connectivity index (χ4n) is 3.85. The number of carbonyl (C=O) groups excluding carboxylic acids is 1. The summed E-state index contributed by atoms with van der Waals surface area (Å²) in [7, 11) is 2.15. The summed E-state index contributed by atoms with van der Waals surface area (Å²) in [6.45, 7) is 6.49. The Morgan fingerprint density at radius 3 is 2.88 bits per heavy atom. The SMILES string of the molecule is CN1CCN(Cc2ccc(C(=O)N3CCCC(c4ncc[nH]4)C3)o2)CC1. The van der Waals surface area contributed by atoms with Crippen LogP contribution in [0.4, 0.5) is 0 Å². The molecule has 7 nitrogen and oxygen atoms in total. The minimum atomic E-state index is -0.00844. The Bertz CT molecular complexity index is 718. The standard InChI is InChI=1S/C19H27N5O2/c1-22-9-11-23(12-10-22)14-16-4-5-17(26-16)19(25)24-8-2-3-15(13-24)18-20-6-7-21-18/h4-7,15H,2-3,8-14H2,1H3,(H,20,21). The number of H-pyrrole nitrogens is 1. The zero-order valence-corrected chi connectivity index (χ0v) is 15.4. The van der Waals surface area contributed by atoms with Gasteiger partial charge >= 0.3 is 0 Å². The van der Waals surface area contributed by atoms with Crippen molar-refractivity contribution in [3.8, 4) is 0 Å². The Hall–Kier alpha value is -2.12. The van der Waals surface area contributed by atoms with Crippen LogP contribution in [-0.4, -0.2) is 76.9 Å². The molecule has 2 aromatic heterocycles. The lowest BCUT2D eigenvalue weighted by Crippen LogP contribution is -2.43. The number of imidazole rings is 1. The molecule has 2 aliphatic heterocycles. The highest BCUT2D eigenvalue weighted by Gasteiger charge is 2.28. The number of hydrogen-bond donors (Lipinski definition) is 1. The summed E-state index contributed by atoms with van der Waals surface area (Å²) in [6, 6.07) is 3.77. The molecule has 2 aliphatic rings. The number of amides is 1. The molecule has 0 spiro atoms. The van der Waals surface area contributed by atoms with Gasteiger partial charge < -0.3 is 19.2 Å². The number of likely N-dealkylation sites (tertiary alicyclic amines) is 1. The number of nitrogens with one attached hydrogen (secondary N) is 1. The number of carbonyl (C=O) groups is 1. The average molecular weight is 357 g/mol. The van der Waals surface area contributed by atoms with Crippen LogP contribution in [0.3, 0.4) is 0 Å². The molecule has 1 unspecified atom stereocenters. The van der Waals surface area contributed by atoms with Crippen LogP contribution in [0, 0.1) is 0 Å². The van der Waals surface area contributed by atoms with E-state index in [0.717, 1.165) is 63.7 Å². The van der Waals surface area contributed by atoms with Gasteiger partial charge in [-0.1, -0.05) is 0 Å². The molecule has 2 aromatic rings. The number of piperidine rings is 1. The molecule has 2 fully saturated rings. The van der Waals surface area contributed by atoms with Gasteiger partial charge in [0.15, 0.2) is 5.76 Å². The largest absolute Gasteiger partial charge is 0.455 e. The second-order valence-electron chi connectivity index (χ2n) is 7.41. The third-order valence-corrected chi connectivity index (χ3v) is 5.46. The lowest BCUT2D eigenvalue weighted by atomic mass is 9.97. The molecule has 0 aliphatic carbocycles. The van der Waals surface area contributed by atoms with Gasteiger partial charge in [0.25, 0.3) is 5.91 Å². The first kappa shape index (κ1) is 17.3. The van der Waals surface area contributed by atoms with Crippen molar-refractivity contribution >= 4 is 5.91 Å². The van der Waals surface area contributed by atoms with Crippen LogP contribution in [0.25, 0.3) is 0 Å². The first-order chi connectivity index (χ1) is 12.7. The molecule has 0 saturated carbocycles. The second kappa shape index (κ2) is 7.63. The van der Waals surface area contributed by atoms with E-state index in [1.807, 2.05) is 23.2 Å². The maximum atomic E-state index is 12.8. The van der Waals surface area contributed by atoms with Crippen molar-refractivity contribution in [3.05, 3.63) is 41.9 Å². The average Bonchev–Trinajstić information content (AvgIpc) is 3.35. The Morgan fingerprint density at radius 2 is 2.12 bits per heavy atom. The second-order valence-corrected chi connectivity index (χ2v) is 7.41. The monoisotopic (exact) mass is 357 g/mol. The number of furan rings is 1. The van der Waals surface area contributed by atoms with Gasteiger partial charge in [-0.2, -0.15) is 0 Å². The number of likely N-dealkylation sites (N-methyl/N-ethyl adjacent to an activating group) is 1. The summed E-state index contributed by atoms with van der Waals surface area (Å²) >= 11 is 0. The number of rotatable bonds is 4. The van der Waals surface area contributed by atoms with Crippen LogP contribution in [-0.2, 0) is 6.54 Å². The maximum absolute atomic E-state index is 12.8. The van der Waals surface area contributed by atoms with E-state index >= 15 is 0 Å². The van der Waals surface area contributed by atoms with Crippen molar-refractivity contribution < 1.29 is 9.21 Å². The number of piperazine rings is 1. The van der Waals surface area contributed by atoms with Crippen molar-refractivity contribution in [1.82, 2.24) is 24.7 Å². The van der Waals surface area contributed by atoms with Crippen LogP contribution < -0.4 is 0 Å². The lowest BCUT2D eigenvalue weighted by molar-refractivity contribution is 0.0667. The van der Waals surface area contributed by atoms with Gasteiger partial charge in [-0.15, -0.1) is 0 Å². The van der Waals surface area contributed by atoms with Gasteiger partial charge in [0, 0.05) is 57.6 Å². The Balaban J connectivity index is 1.36. The topological polar surface area (TPSA) is 68.6 Å². The third-order valence-electron chi connectivity index (χ3n) is 5.46. The molecule has 26 heavy (non-hydrogen) atoms. The van der Waals surface area contributed by atoms with E-state index in [4.69, 9.17) is 4.42 Å². The van der Waals surface area contributed by atoms with Crippen molar-refractivity contribution in [1.29, 1.82) is 0 Å². The van der Waals surface area contributed by atoms with E-state index in [1.54, 1.807) is 6.20 Å². The van der Waals surface area contributed by atoms with Crippen molar-refractivity contribution in [3.63, 3.8) is 0 Å². The molecule has 0 radical (unpaired) electrons. The first-order valence-corrected chi connectivity index (χ1v) is 9.47. The number of hydrogen-bond acceptors (Lipinski definition) is 5. The minimum absolute atomic E-state index is 0.00844. The van der Waals surface area contributed by atoms with E-state index in [9.17, 15) is 4.79 Å². The van der Waals surface area contributed by atoms with Crippen molar-refractivity contribution in [2.24, 2.45) is 0 Å². The van der Waals surface area contributed by atoms with Gasteiger partial charge in [0.05, 0.1) is 6.54 Å². The van der Waals surface area contributed by atoms with Gasteiger partial charge in [0.2, 0.25) is 0 Å². The summed E-state index contributed by atoms with van der Waals surface area (Å²) in [5, 5.41) is 0. The van der Waals surface area contributed by atoms with E-state index in [-0.39, 0.29) is 11.8 Å². The summed E-state index contributed by atoms with van der Waals surface area (Å²) in [5.74, 6) is 2.57. The number of aromatic nitrogens is 2. The highest BCUT2D eigenvalue weighted by atomic mass is 16.4. The summed E-state index contributed by atoms with van der Waals surface area (Å²) in [6.07, 6.45) is 5.66. The highest BCUT2D eigenvalue weighted by molar-refractivity contribution is 5.91. The fraction of sp³-hybridized carbons (Fsp3) is 0.579. The van der Waals surface area contributed by atoms with Crippen LogP contribution in [0.15, 0.2) is 28.9 Å². The molecule has 7 heteroatoms. The number of aromatic amines is 1. The predicted octanol–water partition coefficient (Wildman–Crippen LogP) is 1.77. The summed E-state index contributed by atoms with van der Waals surface area (Å²) < 4.78 is 5.88. The predicted molar refractivity (Wildman–Crippen MR) is 97.9 cm³/mol. The molecule has 4 rings (SSSR count). The molecular formula is C19H27N5O2. The van der Waals surface area contributed by atoms with E-state index < -0.39 is 0 Å². The zero-order valence-electron chi connectivity index (χ0n) is 15.4. The molecule has 140 valence electrons. The number of nitrogens with zero attached hydrogens (tertiary/aromatic N) is 4. The normalized spacial score (nSPS) is 22.7. The highest BCUT2D eigenvalue weighted by Crippen LogP contribution is 2.26. The van der Waals surface area contributed by atoms with Crippen molar-refractivity contribution in [2.45, 2.75) is 25.3 Å². The van der Waals surface area contributed by atoms with Gasteiger partial charge in [-0.3, -0.25) is 9.69 Å². The molecule has 4 heterocycles. The summed E-state index contributed by atoms with van der Waals surface area (Å²) in [4.78, 5) is 27.0. The van der Waals surface area contributed by atoms with E-state index in [2.05, 4.69) is 26.8 Å². The quantitative estimate of drug-likeness (QED) is 0.903. The van der Waals surface area contributed by atoms with E-state index in [0.29, 0.717) is 12.3 Å². The molecular weight excluding hydrogens is 330 g/mol. The summed E-state index contributed by atoms with van der Waals surface area (Å²) in [5.41, 5.74) is 0. The maximum Gasteiger partial charge on any atom is 0.289 e. The van der Waals surface area contributed by atoms with Crippen LogP contribution in [0.5, 0.6) is 0 Å². The fourth-order valence-corrected chi connectivity index (χ4v) is 3.85. The van der Waals surface area contributed by atoms with Crippen LogP contribution >= 0.6 is 0 Å². The molecule has 1 amide bonds. The minimum Gasteiger partial charge on any atom is -0.455 e. The van der Waals surface area contributed by atoms with Crippen LogP contribution in [0.1, 0.15) is 40.9 Å². The molecule has 1 N–H and O–H groups in total. The van der Waals surface area contributed by atoms with Crippen LogP contribution in [0.2, 0.25) is 0 Å². The Morgan fingerprint density at radius 1 is 1.27 bits per heavy atom. The molecule has 0 bridgehead atoms. The van der Waals surface area contributed by atoms with Gasteiger partial charge in [-0.05, 0) is 32.0 Å². The Labute approximate surface area is 154 Å². The first-order valence-electron chi connectivity index (χ1n) is 9.47. The Kier molecular flexibility index (Phi) is 5.08. The molecule has 0 aromatic carbocycles. The van der Waals surface area contributed by atoms with Gasteiger partial charge in [0.1, 0.15) is 11.6 Å². The molecule has 1 atom stereocenters. The van der Waals surface area contributed by atoms with Crippen molar-refractivity contribution in [2.75, 3.05) is 46.3 Å². The van der Waals surface area contributed by atoms with Gasteiger partial charge in [-0.25, -0.2) is 4.98 Å². The zero-order chi connectivity index (χ0) is 17.9. The lowest BCUT2D eigenvalue weighted by Gasteiger charge is -2.32. The smallest absolute Gasteiger partial charge is 0.289 e. The van der Waals surface area contributed by atoms with E-state index in [1.165, 1.54) is 0 Å².